The molecule has 0 saturated carbocycles. The molecule has 0 aliphatic heterocycles. The predicted octanol–water partition coefficient (Wildman–Crippen LogP) is 0.601. The number of non-ortho nitro benzene ring substituents is 1. The Labute approximate surface area is 102 Å². The fourth-order valence-electron chi connectivity index (χ4n) is 1.10. The lowest BCUT2D eigenvalue weighted by atomic mass is 10.3. The third kappa shape index (κ3) is 3.31. The molecule has 9 heteroatoms. The minimum atomic E-state index is -4.20. The summed E-state index contributed by atoms with van der Waals surface area (Å²) < 4.78 is 38.4. The van der Waals surface area contributed by atoms with Crippen molar-refractivity contribution in [1.29, 1.82) is 0 Å². The summed E-state index contributed by atoms with van der Waals surface area (Å²) in [5.41, 5.74) is -0.557. The van der Waals surface area contributed by atoms with Crippen molar-refractivity contribution in [3.63, 3.8) is 0 Å². The highest BCUT2D eigenvalue weighted by Gasteiger charge is 2.21. The molecule has 0 spiro atoms. The van der Waals surface area contributed by atoms with Crippen molar-refractivity contribution in [3.05, 3.63) is 34.1 Å². The van der Waals surface area contributed by atoms with Gasteiger partial charge in [0.2, 0.25) is 10.0 Å². The van der Waals surface area contributed by atoms with Gasteiger partial charge in [0.05, 0.1) is 17.5 Å². The fraction of sp³-hybridized carbons (Fsp3) is 0.222. The Bertz CT molecular complexity index is 599. The van der Waals surface area contributed by atoms with Crippen molar-refractivity contribution in [2.45, 2.75) is 11.8 Å². The molecular formula is C9H9FN2O5S. The Balaban J connectivity index is 3.10. The number of hydrogen-bond acceptors (Lipinski definition) is 5. The van der Waals surface area contributed by atoms with E-state index in [1.54, 1.807) is 0 Å². The highest BCUT2D eigenvalue weighted by molar-refractivity contribution is 7.89. The highest BCUT2D eigenvalue weighted by Crippen LogP contribution is 2.20. The van der Waals surface area contributed by atoms with Gasteiger partial charge in [0.15, 0.2) is 0 Å². The summed E-state index contributed by atoms with van der Waals surface area (Å²) in [6.45, 7) is 0.688. The number of carbonyl (C=O) groups is 1. The van der Waals surface area contributed by atoms with E-state index in [9.17, 15) is 27.7 Å². The van der Waals surface area contributed by atoms with Crippen LogP contribution >= 0.6 is 0 Å². The molecule has 18 heavy (non-hydrogen) atoms. The van der Waals surface area contributed by atoms with Crippen LogP contribution in [0.4, 0.5) is 10.1 Å². The number of ketones is 1. The Morgan fingerprint density at radius 2 is 2.11 bits per heavy atom. The Hall–Kier alpha value is -1.87. The smallest absolute Gasteiger partial charge is 0.272 e. The van der Waals surface area contributed by atoms with Crippen LogP contribution in [0.5, 0.6) is 0 Å². The van der Waals surface area contributed by atoms with Crippen LogP contribution in [0.3, 0.4) is 0 Å². The van der Waals surface area contributed by atoms with Crippen LogP contribution in [0.25, 0.3) is 0 Å². The number of rotatable bonds is 5. The minimum Gasteiger partial charge on any atom is -0.299 e. The van der Waals surface area contributed by atoms with E-state index < -0.39 is 43.7 Å². The van der Waals surface area contributed by atoms with Crippen LogP contribution in [-0.2, 0) is 14.8 Å². The molecule has 0 bridgehead atoms. The number of nitro groups is 1. The van der Waals surface area contributed by atoms with E-state index in [1.165, 1.54) is 0 Å². The molecule has 1 aromatic rings. The SMILES string of the molecule is CC(=O)CNS(=O)(=O)c1ccc([N+](=O)[O-])cc1F. The normalized spacial score (nSPS) is 11.2. The number of sulfonamides is 1. The van der Waals surface area contributed by atoms with Crippen molar-refractivity contribution in [1.82, 2.24) is 4.72 Å². The first-order valence-electron chi connectivity index (χ1n) is 4.67. The summed E-state index contributed by atoms with van der Waals surface area (Å²) in [7, 11) is -4.20. The highest BCUT2D eigenvalue weighted by atomic mass is 32.2. The fourth-order valence-corrected chi connectivity index (χ4v) is 2.21. The molecule has 0 radical (unpaired) electrons. The van der Waals surface area contributed by atoms with Gasteiger partial charge in [0, 0.05) is 6.07 Å². The van der Waals surface area contributed by atoms with E-state index >= 15 is 0 Å². The first kappa shape index (κ1) is 14.2. The maximum atomic E-state index is 13.4. The van der Waals surface area contributed by atoms with E-state index in [1.807, 2.05) is 4.72 Å². The standard InChI is InChI=1S/C9H9FN2O5S/c1-6(13)5-11-18(16,17)9-3-2-7(12(14)15)4-8(9)10/h2-4,11H,5H2,1H3. The largest absolute Gasteiger partial charge is 0.299 e. The molecule has 0 fully saturated rings. The van der Waals surface area contributed by atoms with Crippen LogP contribution < -0.4 is 4.72 Å². The third-order valence-corrected chi connectivity index (χ3v) is 3.36. The second-order valence-corrected chi connectivity index (χ2v) is 5.13. The van der Waals surface area contributed by atoms with Crippen LogP contribution in [0.2, 0.25) is 0 Å². The Morgan fingerprint density at radius 3 is 2.56 bits per heavy atom. The Kier molecular flexibility index (Phi) is 4.09. The van der Waals surface area contributed by atoms with E-state index in [0.29, 0.717) is 6.07 Å². The first-order valence-corrected chi connectivity index (χ1v) is 6.15. The first-order chi connectivity index (χ1) is 8.24. The zero-order valence-electron chi connectivity index (χ0n) is 9.21. The lowest BCUT2D eigenvalue weighted by molar-refractivity contribution is -0.385. The number of benzene rings is 1. The number of nitro benzene ring substituents is 1. The molecule has 1 rings (SSSR count). The van der Waals surface area contributed by atoms with Gasteiger partial charge in [-0.25, -0.2) is 17.5 Å². The second-order valence-electron chi connectivity index (χ2n) is 3.40. The van der Waals surface area contributed by atoms with E-state index in [2.05, 4.69) is 0 Å². The molecule has 0 aromatic heterocycles. The molecular weight excluding hydrogens is 267 g/mol. The van der Waals surface area contributed by atoms with Gasteiger partial charge in [-0.15, -0.1) is 0 Å². The summed E-state index contributed by atoms with van der Waals surface area (Å²) in [4.78, 5) is 19.4. The van der Waals surface area contributed by atoms with E-state index in [4.69, 9.17) is 0 Å². The molecule has 0 amide bonds. The monoisotopic (exact) mass is 276 g/mol. The van der Waals surface area contributed by atoms with Crippen molar-refractivity contribution in [2.24, 2.45) is 0 Å². The van der Waals surface area contributed by atoms with Crippen LogP contribution in [-0.4, -0.2) is 25.7 Å². The maximum absolute atomic E-state index is 13.4. The summed E-state index contributed by atoms with van der Waals surface area (Å²) in [5.74, 6) is -1.69. The molecule has 0 saturated heterocycles. The molecule has 98 valence electrons. The van der Waals surface area contributed by atoms with Gasteiger partial charge in [0.1, 0.15) is 16.5 Å². The molecule has 0 aliphatic carbocycles. The molecule has 0 atom stereocenters. The molecule has 0 unspecified atom stereocenters. The van der Waals surface area contributed by atoms with Crippen LogP contribution in [0.15, 0.2) is 23.1 Å². The molecule has 0 heterocycles. The molecule has 1 aromatic carbocycles. The van der Waals surface area contributed by atoms with Gasteiger partial charge in [0.25, 0.3) is 5.69 Å². The van der Waals surface area contributed by atoms with Crippen LogP contribution in [0, 0.1) is 15.9 Å². The van der Waals surface area contributed by atoms with Crippen molar-refractivity contribution >= 4 is 21.5 Å². The number of halogens is 1. The summed E-state index contributed by atoms with van der Waals surface area (Å²) in [6, 6.07) is 2.14. The van der Waals surface area contributed by atoms with Gasteiger partial charge in [-0.1, -0.05) is 0 Å². The second kappa shape index (κ2) is 5.19. The lowest BCUT2D eigenvalue weighted by Gasteiger charge is -2.05. The Morgan fingerprint density at radius 1 is 1.50 bits per heavy atom. The van der Waals surface area contributed by atoms with Gasteiger partial charge < -0.3 is 0 Å². The van der Waals surface area contributed by atoms with E-state index in [-0.39, 0.29) is 0 Å². The van der Waals surface area contributed by atoms with Crippen molar-refractivity contribution in [2.75, 3.05) is 6.54 Å². The average Bonchev–Trinajstić information content (AvgIpc) is 2.26. The molecule has 0 aliphatic rings. The number of nitrogens with zero attached hydrogens (tertiary/aromatic N) is 1. The van der Waals surface area contributed by atoms with Crippen molar-refractivity contribution < 1.29 is 22.5 Å². The van der Waals surface area contributed by atoms with Crippen molar-refractivity contribution in [3.8, 4) is 0 Å². The van der Waals surface area contributed by atoms with Gasteiger partial charge in [-0.2, -0.15) is 0 Å². The quantitative estimate of drug-likeness (QED) is 0.626. The molecule has 1 N–H and O–H groups in total. The number of Topliss-reactive ketones (excluding diaryl/α,β-unsaturated/α-hetero) is 1. The minimum absolute atomic E-state index is 0.444. The van der Waals surface area contributed by atoms with Gasteiger partial charge in [-0.05, 0) is 13.0 Å². The maximum Gasteiger partial charge on any atom is 0.272 e. The summed E-state index contributed by atoms with van der Waals surface area (Å²) in [6.07, 6.45) is 0. The predicted molar refractivity (Wildman–Crippen MR) is 58.9 cm³/mol. The van der Waals surface area contributed by atoms with E-state index in [0.717, 1.165) is 19.1 Å². The average molecular weight is 276 g/mol. The summed E-state index contributed by atoms with van der Waals surface area (Å²) >= 11 is 0. The zero-order chi connectivity index (χ0) is 13.9. The van der Waals surface area contributed by atoms with Crippen LogP contribution in [0.1, 0.15) is 6.92 Å². The molecule has 7 nitrogen and oxygen atoms in total. The van der Waals surface area contributed by atoms with Gasteiger partial charge >= 0.3 is 0 Å². The topological polar surface area (TPSA) is 106 Å². The number of hydrogen-bond donors (Lipinski definition) is 1. The lowest BCUT2D eigenvalue weighted by Crippen LogP contribution is -2.29. The zero-order valence-corrected chi connectivity index (χ0v) is 10.0. The van der Waals surface area contributed by atoms with Gasteiger partial charge in [-0.3, -0.25) is 14.9 Å². The number of carbonyl (C=O) groups excluding carboxylic acids is 1. The summed E-state index contributed by atoms with van der Waals surface area (Å²) in [5, 5.41) is 10.4. The number of nitrogens with one attached hydrogen (secondary N) is 1. The third-order valence-electron chi connectivity index (χ3n) is 1.93.